The average Bonchev–Trinajstić information content (AvgIpc) is 3.51. The van der Waals surface area contributed by atoms with E-state index >= 15 is 0 Å². The molecule has 3 aromatic carbocycles. The molecule has 7 nitrogen and oxygen atoms in total. The van der Waals surface area contributed by atoms with Gasteiger partial charge < -0.3 is 10.1 Å². The Morgan fingerprint density at radius 3 is 2.70 bits per heavy atom. The molecule has 188 valence electrons. The zero-order chi connectivity index (χ0) is 25.9. The molecule has 5 rings (SSSR count). The molecule has 0 saturated carbocycles. The van der Waals surface area contributed by atoms with Gasteiger partial charge >= 0.3 is 0 Å². The molecule has 2 heterocycles. The second-order valence-corrected chi connectivity index (χ2v) is 9.98. The van der Waals surface area contributed by atoms with Crippen molar-refractivity contribution < 1.29 is 18.7 Å². The summed E-state index contributed by atoms with van der Waals surface area (Å²) in [6.45, 7) is 1.65. The number of aliphatic imine (C=N–C) groups is 1. The number of thioether (sulfide) groups is 1. The zero-order valence-electron chi connectivity index (χ0n) is 20.3. The van der Waals surface area contributed by atoms with E-state index in [9.17, 15) is 14.0 Å². The molecule has 0 aliphatic carbocycles. The van der Waals surface area contributed by atoms with Crippen molar-refractivity contribution in [2.24, 2.45) is 10.1 Å². The predicted octanol–water partition coefficient (Wildman–Crippen LogP) is 5.32. The van der Waals surface area contributed by atoms with Crippen LogP contribution in [0.4, 0.5) is 10.1 Å². The summed E-state index contributed by atoms with van der Waals surface area (Å²) in [6.07, 6.45) is 0.536. The molecule has 37 heavy (non-hydrogen) atoms. The Kier molecular flexibility index (Phi) is 7.05. The van der Waals surface area contributed by atoms with Crippen LogP contribution in [0.15, 0.2) is 82.9 Å². The summed E-state index contributed by atoms with van der Waals surface area (Å²) < 4.78 is 19.3. The normalized spacial score (nSPS) is 19.0. The number of nitrogens with one attached hydrogen (secondary N) is 1. The highest BCUT2D eigenvalue weighted by Gasteiger charge is 2.39. The molecule has 2 aliphatic rings. The molecule has 0 fully saturated rings. The van der Waals surface area contributed by atoms with Crippen molar-refractivity contribution in [1.29, 1.82) is 0 Å². The zero-order valence-corrected chi connectivity index (χ0v) is 21.2. The van der Waals surface area contributed by atoms with E-state index in [1.165, 1.54) is 17.8 Å². The molecule has 2 atom stereocenters. The minimum atomic E-state index is -0.688. The summed E-state index contributed by atoms with van der Waals surface area (Å²) in [4.78, 5) is 29.7. The van der Waals surface area contributed by atoms with Gasteiger partial charge in [0.1, 0.15) is 16.8 Å². The molecule has 0 unspecified atom stereocenters. The minimum absolute atomic E-state index is 0.0844. The van der Waals surface area contributed by atoms with Crippen molar-refractivity contribution in [3.8, 4) is 5.75 Å². The number of carbonyl (C=O) groups is 2. The molecule has 0 bridgehead atoms. The second kappa shape index (κ2) is 10.6. The Labute approximate surface area is 218 Å². The first-order chi connectivity index (χ1) is 17.9. The Balaban J connectivity index is 1.35. The largest absolute Gasteiger partial charge is 0.497 e. The van der Waals surface area contributed by atoms with Gasteiger partial charge in [-0.15, -0.1) is 0 Å². The minimum Gasteiger partial charge on any atom is -0.497 e. The Morgan fingerprint density at radius 2 is 1.95 bits per heavy atom. The van der Waals surface area contributed by atoms with Crippen LogP contribution in [0.3, 0.4) is 0 Å². The van der Waals surface area contributed by atoms with Gasteiger partial charge in [0.05, 0.1) is 18.9 Å². The van der Waals surface area contributed by atoms with Gasteiger partial charge in [-0.1, -0.05) is 60.3 Å². The fourth-order valence-corrected chi connectivity index (χ4v) is 5.32. The van der Waals surface area contributed by atoms with Crippen molar-refractivity contribution >= 4 is 40.1 Å². The van der Waals surface area contributed by atoms with Gasteiger partial charge in [-0.2, -0.15) is 10.1 Å². The highest BCUT2D eigenvalue weighted by Crippen LogP contribution is 2.39. The monoisotopic (exact) mass is 516 g/mol. The summed E-state index contributed by atoms with van der Waals surface area (Å²) in [5.74, 6) is -0.452. The molecule has 0 radical (unpaired) electrons. The van der Waals surface area contributed by atoms with E-state index in [0.29, 0.717) is 22.8 Å². The summed E-state index contributed by atoms with van der Waals surface area (Å²) in [6, 6.07) is 21.9. The smallest absolute Gasteiger partial charge is 0.262 e. The van der Waals surface area contributed by atoms with Crippen molar-refractivity contribution in [3.63, 3.8) is 0 Å². The van der Waals surface area contributed by atoms with E-state index in [4.69, 9.17) is 9.84 Å². The topological polar surface area (TPSA) is 83.4 Å². The van der Waals surface area contributed by atoms with Crippen LogP contribution in [0, 0.1) is 12.7 Å². The maximum absolute atomic E-state index is 13.8. The van der Waals surface area contributed by atoms with E-state index in [1.54, 1.807) is 31.2 Å². The third-order valence-electron chi connectivity index (χ3n) is 6.25. The fraction of sp³-hybridized carbons (Fsp3) is 0.214. The number of carbonyl (C=O) groups excluding carboxylic acids is 2. The van der Waals surface area contributed by atoms with Gasteiger partial charge in [0.2, 0.25) is 5.91 Å². The van der Waals surface area contributed by atoms with Crippen LogP contribution in [0.25, 0.3) is 0 Å². The molecular formula is C28H25FN4O3S. The summed E-state index contributed by atoms with van der Waals surface area (Å²) in [5.41, 5.74) is 3.69. The van der Waals surface area contributed by atoms with Crippen LogP contribution < -0.4 is 10.1 Å². The highest BCUT2D eigenvalue weighted by molar-refractivity contribution is 8.15. The lowest BCUT2D eigenvalue weighted by atomic mass is 9.98. The van der Waals surface area contributed by atoms with Crippen LogP contribution >= 0.6 is 11.8 Å². The predicted molar refractivity (Wildman–Crippen MR) is 143 cm³/mol. The van der Waals surface area contributed by atoms with Gasteiger partial charge in [-0.25, -0.2) is 9.40 Å². The number of amides is 2. The second-order valence-electron chi connectivity index (χ2n) is 8.81. The number of rotatable bonds is 6. The lowest BCUT2D eigenvalue weighted by molar-refractivity contribution is -0.121. The Morgan fingerprint density at radius 1 is 1.14 bits per heavy atom. The van der Waals surface area contributed by atoms with Crippen molar-refractivity contribution in [2.45, 2.75) is 31.1 Å². The quantitative estimate of drug-likeness (QED) is 0.480. The van der Waals surface area contributed by atoms with Gasteiger partial charge in [-0.05, 0) is 47.9 Å². The number of amidine groups is 1. The maximum Gasteiger partial charge on any atom is 0.262 e. The van der Waals surface area contributed by atoms with E-state index in [-0.39, 0.29) is 18.4 Å². The van der Waals surface area contributed by atoms with E-state index < -0.39 is 17.0 Å². The average molecular weight is 517 g/mol. The molecule has 0 saturated heterocycles. The third-order valence-corrected chi connectivity index (χ3v) is 7.39. The van der Waals surface area contributed by atoms with Crippen molar-refractivity contribution in [1.82, 2.24) is 5.01 Å². The molecule has 0 spiro atoms. The number of methoxy groups -OCH3 is 1. The number of hydrogen-bond donors (Lipinski definition) is 1. The number of anilines is 1. The van der Waals surface area contributed by atoms with Crippen LogP contribution in [0.2, 0.25) is 0 Å². The summed E-state index contributed by atoms with van der Waals surface area (Å²) >= 11 is 1.22. The van der Waals surface area contributed by atoms with E-state index in [0.717, 1.165) is 22.6 Å². The molecule has 0 aromatic heterocycles. The van der Waals surface area contributed by atoms with Crippen molar-refractivity contribution in [2.75, 3.05) is 12.4 Å². The number of hydrogen-bond acceptors (Lipinski definition) is 6. The van der Waals surface area contributed by atoms with Gasteiger partial charge in [-0.3, -0.25) is 9.59 Å². The van der Waals surface area contributed by atoms with Gasteiger partial charge in [0.25, 0.3) is 5.91 Å². The van der Waals surface area contributed by atoms with Gasteiger partial charge in [0.15, 0.2) is 5.17 Å². The molecule has 3 aromatic rings. The number of nitrogens with zero attached hydrogens (tertiary/aromatic N) is 3. The van der Waals surface area contributed by atoms with E-state index in [2.05, 4.69) is 10.3 Å². The third kappa shape index (κ3) is 5.41. The van der Waals surface area contributed by atoms with Gasteiger partial charge in [0, 0.05) is 18.5 Å². The molecule has 9 heteroatoms. The highest BCUT2D eigenvalue weighted by atomic mass is 32.2. The standard InChI is InChI=1S/C28H25FN4O3S/c1-17-11-12-20(14-22(17)29)30-26(34)16-25-27(35)31-28(37-25)33-24(19-9-6-10-21(13-19)36-2)15-23(32-33)18-7-4-3-5-8-18/h3-14,24-25H,15-16H2,1-2H3,(H,30,34)/t24-,25+/m0/s1. The number of benzene rings is 3. The lowest BCUT2D eigenvalue weighted by Crippen LogP contribution is -2.25. The Bertz CT molecular complexity index is 1410. The Hall–Kier alpha value is -3.98. The molecule has 2 amide bonds. The molecule has 2 aliphatic heterocycles. The number of aryl methyl sites for hydroxylation is 1. The van der Waals surface area contributed by atoms with Crippen LogP contribution in [-0.4, -0.2) is 40.1 Å². The van der Waals surface area contributed by atoms with Crippen LogP contribution in [0.5, 0.6) is 5.75 Å². The summed E-state index contributed by atoms with van der Waals surface area (Å²) in [5, 5.41) is 9.05. The molecule has 1 N–H and O–H groups in total. The first kappa shape index (κ1) is 24.7. The first-order valence-corrected chi connectivity index (χ1v) is 12.7. The summed E-state index contributed by atoms with van der Waals surface area (Å²) in [7, 11) is 1.62. The lowest BCUT2D eigenvalue weighted by Gasteiger charge is -2.23. The number of halogens is 1. The number of hydrazone groups is 1. The van der Waals surface area contributed by atoms with Crippen molar-refractivity contribution in [3.05, 3.63) is 95.3 Å². The van der Waals surface area contributed by atoms with E-state index in [1.807, 2.05) is 54.6 Å². The molecular weight excluding hydrogens is 491 g/mol. The first-order valence-electron chi connectivity index (χ1n) is 11.8. The number of ether oxygens (including phenoxy) is 1. The fourth-order valence-electron chi connectivity index (χ4n) is 4.26. The van der Waals surface area contributed by atoms with Crippen LogP contribution in [0.1, 0.15) is 35.6 Å². The van der Waals surface area contributed by atoms with Crippen LogP contribution in [-0.2, 0) is 9.59 Å². The maximum atomic E-state index is 13.8. The SMILES string of the molecule is COc1cccc([C@@H]2CC(c3ccccc3)=NN2C2=NC(=O)[C@@H](CC(=O)Nc3ccc(C)c(F)c3)S2)c1.